The van der Waals surface area contributed by atoms with Crippen molar-refractivity contribution in [3.05, 3.63) is 60.2 Å². The first kappa shape index (κ1) is 7.44. The van der Waals surface area contributed by atoms with Crippen LogP contribution in [0.5, 0.6) is 0 Å². The summed E-state index contributed by atoms with van der Waals surface area (Å²) >= 11 is 0. The second-order valence-corrected chi connectivity index (χ2v) is 3.30. The third-order valence-electron chi connectivity index (χ3n) is 2.44. The molecule has 14 heavy (non-hydrogen) atoms. The molecular formula is C12H10N2. The molecule has 0 spiro atoms. The summed E-state index contributed by atoms with van der Waals surface area (Å²) < 4.78 is 0. The van der Waals surface area contributed by atoms with Gasteiger partial charge in [0, 0.05) is 12.4 Å². The zero-order chi connectivity index (χ0) is 9.38. The average Bonchev–Trinajstić information content (AvgIpc) is 2.61. The van der Waals surface area contributed by atoms with Gasteiger partial charge in [-0.15, -0.1) is 0 Å². The Kier molecular flexibility index (Phi) is 1.47. The fourth-order valence-corrected chi connectivity index (χ4v) is 1.78. The lowest BCUT2D eigenvalue weighted by atomic mass is 10.1. The van der Waals surface area contributed by atoms with Crippen LogP contribution < -0.4 is 10.2 Å². The molecule has 2 aliphatic rings. The maximum atomic E-state index is 3.19. The van der Waals surface area contributed by atoms with E-state index in [1.165, 1.54) is 11.3 Å². The molecule has 3 rings (SSSR count). The lowest BCUT2D eigenvalue weighted by Crippen LogP contribution is -2.17. The summed E-state index contributed by atoms with van der Waals surface area (Å²) in [5.74, 6) is 1.10. The standard InChI is InChI=1S/C12H10N2/c1-2-6-11-10(4-1)5-3-7-12-13-8-9-14(11)12/h1-9,13H. The van der Waals surface area contributed by atoms with E-state index < -0.39 is 0 Å². The van der Waals surface area contributed by atoms with E-state index in [1.807, 2.05) is 12.4 Å². The van der Waals surface area contributed by atoms with Crippen LogP contribution in [0.3, 0.4) is 0 Å². The fourth-order valence-electron chi connectivity index (χ4n) is 1.78. The molecule has 2 heteroatoms. The lowest BCUT2D eigenvalue weighted by Gasteiger charge is -2.18. The number of anilines is 1. The predicted molar refractivity (Wildman–Crippen MR) is 58.3 cm³/mol. The van der Waals surface area contributed by atoms with Gasteiger partial charge in [-0.2, -0.15) is 0 Å². The second kappa shape index (κ2) is 2.77. The number of nitrogens with zero attached hydrogens (tertiary/aromatic N) is 1. The normalized spacial score (nSPS) is 16.9. The zero-order valence-corrected chi connectivity index (χ0v) is 7.64. The van der Waals surface area contributed by atoms with Crippen molar-refractivity contribution in [1.82, 2.24) is 5.32 Å². The van der Waals surface area contributed by atoms with Gasteiger partial charge >= 0.3 is 0 Å². The van der Waals surface area contributed by atoms with Crippen LogP contribution in [0, 0.1) is 0 Å². The van der Waals surface area contributed by atoms with Gasteiger partial charge < -0.3 is 10.2 Å². The molecule has 0 radical (unpaired) electrons. The Labute approximate surface area is 82.9 Å². The van der Waals surface area contributed by atoms with E-state index in [4.69, 9.17) is 0 Å². The fraction of sp³-hybridized carbons (Fsp3) is 0. The van der Waals surface area contributed by atoms with Crippen molar-refractivity contribution in [2.75, 3.05) is 4.90 Å². The molecule has 0 fully saturated rings. The van der Waals surface area contributed by atoms with Crippen LogP contribution in [0.1, 0.15) is 5.56 Å². The number of hydrogen-bond acceptors (Lipinski definition) is 2. The SMILES string of the molecule is C1=Cc2ccccc2N2C=CNC2=C1. The number of para-hydroxylation sites is 1. The van der Waals surface area contributed by atoms with E-state index in [-0.39, 0.29) is 0 Å². The Morgan fingerprint density at radius 2 is 2.07 bits per heavy atom. The molecule has 0 aliphatic carbocycles. The maximum absolute atomic E-state index is 3.19. The Hall–Kier alpha value is -1.96. The van der Waals surface area contributed by atoms with Crippen LogP contribution >= 0.6 is 0 Å². The molecule has 1 aromatic carbocycles. The van der Waals surface area contributed by atoms with Crippen molar-refractivity contribution in [2.24, 2.45) is 0 Å². The van der Waals surface area contributed by atoms with Crippen LogP contribution in [0.25, 0.3) is 6.08 Å². The molecule has 2 nitrogen and oxygen atoms in total. The summed E-state index contributed by atoms with van der Waals surface area (Å²) in [6.07, 6.45) is 10.2. The molecule has 0 amide bonds. The van der Waals surface area contributed by atoms with Gasteiger partial charge in [-0.25, -0.2) is 0 Å². The van der Waals surface area contributed by atoms with Gasteiger partial charge in [-0.05, 0) is 17.7 Å². The molecule has 2 aliphatic heterocycles. The number of allylic oxidation sites excluding steroid dienone is 2. The molecule has 0 unspecified atom stereocenters. The number of rotatable bonds is 0. The minimum atomic E-state index is 1.10. The smallest absolute Gasteiger partial charge is 0.114 e. The highest BCUT2D eigenvalue weighted by Gasteiger charge is 2.16. The summed E-state index contributed by atoms with van der Waals surface area (Å²) in [7, 11) is 0. The quantitative estimate of drug-likeness (QED) is 0.663. The first-order chi connectivity index (χ1) is 6.95. The molecule has 2 heterocycles. The van der Waals surface area contributed by atoms with Crippen LogP contribution in [-0.4, -0.2) is 0 Å². The Morgan fingerprint density at radius 3 is 3.07 bits per heavy atom. The summed E-state index contributed by atoms with van der Waals surface area (Å²) in [6, 6.07) is 8.36. The van der Waals surface area contributed by atoms with Crippen molar-refractivity contribution >= 4 is 11.8 Å². The highest BCUT2D eigenvalue weighted by molar-refractivity contribution is 5.74. The minimum Gasteiger partial charge on any atom is -0.346 e. The van der Waals surface area contributed by atoms with Crippen molar-refractivity contribution in [3.8, 4) is 0 Å². The van der Waals surface area contributed by atoms with Gasteiger partial charge in [0.15, 0.2) is 0 Å². The van der Waals surface area contributed by atoms with Gasteiger partial charge in [0.25, 0.3) is 0 Å². The monoisotopic (exact) mass is 182 g/mol. The highest BCUT2D eigenvalue weighted by atomic mass is 15.3. The van der Waals surface area contributed by atoms with Crippen molar-refractivity contribution < 1.29 is 0 Å². The lowest BCUT2D eigenvalue weighted by molar-refractivity contribution is 1.05. The molecule has 68 valence electrons. The largest absolute Gasteiger partial charge is 0.346 e. The molecule has 0 saturated heterocycles. The van der Waals surface area contributed by atoms with Crippen LogP contribution in [0.15, 0.2) is 54.6 Å². The van der Waals surface area contributed by atoms with E-state index in [2.05, 4.69) is 52.7 Å². The van der Waals surface area contributed by atoms with Gasteiger partial charge in [0.2, 0.25) is 0 Å². The Balaban J connectivity index is 2.21. The van der Waals surface area contributed by atoms with Crippen molar-refractivity contribution in [1.29, 1.82) is 0 Å². The predicted octanol–water partition coefficient (Wildman–Crippen LogP) is 2.44. The zero-order valence-electron chi connectivity index (χ0n) is 7.64. The van der Waals surface area contributed by atoms with Gasteiger partial charge in [0.05, 0.1) is 5.69 Å². The molecule has 0 atom stereocenters. The van der Waals surface area contributed by atoms with Crippen LogP contribution in [0.4, 0.5) is 5.69 Å². The van der Waals surface area contributed by atoms with E-state index in [9.17, 15) is 0 Å². The maximum Gasteiger partial charge on any atom is 0.114 e. The van der Waals surface area contributed by atoms with Gasteiger partial charge in [0.1, 0.15) is 5.82 Å². The van der Waals surface area contributed by atoms with Crippen molar-refractivity contribution in [2.45, 2.75) is 0 Å². The van der Waals surface area contributed by atoms with E-state index in [0.29, 0.717) is 0 Å². The third kappa shape index (κ3) is 0.973. The molecule has 1 aromatic rings. The molecule has 0 saturated carbocycles. The second-order valence-electron chi connectivity index (χ2n) is 3.30. The van der Waals surface area contributed by atoms with Gasteiger partial charge in [-0.3, -0.25) is 0 Å². The number of fused-ring (bicyclic) bond motifs is 3. The van der Waals surface area contributed by atoms with E-state index >= 15 is 0 Å². The average molecular weight is 182 g/mol. The molecule has 0 bridgehead atoms. The molecule has 1 N–H and O–H groups in total. The summed E-state index contributed by atoms with van der Waals surface area (Å²) in [5.41, 5.74) is 2.46. The highest BCUT2D eigenvalue weighted by Crippen LogP contribution is 2.28. The summed E-state index contributed by atoms with van der Waals surface area (Å²) in [6.45, 7) is 0. The molecule has 0 aromatic heterocycles. The minimum absolute atomic E-state index is 1.10. The summed E-state index contributed by atoms with van der Waals surface area (Å²) in [5, 5.41) is 3.19. The van der Waals surface area contributed by atoms with Crippen molar-refractivity contribution in [3.63, 3.8) is 0 Å². The summed E-state index contributed by atoms with van der Waals surface area (Å²) in [4.78, 5) is 2.15. The Morgan fingerprint density at radius 1 is 1.14 bits per heavy atom. The first-order valence-corrected chi connectivity index (χ1v) is 4.65. The third-order valence-corrected chi connectivity index (χ3v) is 2.44. The molecular weight excluding hydrogens is 172 g/mol. The number of benzene rings is 1. The number of nitrogens with one attached hydrogen (secondary N) is 1. The Bertz CT molecular complexity index is 455. The van der Waals surface area contributed by atoms with Crippen LogP contribution in [-0.2, 0) is 0 Å². The van der Waals surface area contributed by atoms with E-state index in [0.717, 1.165) is 5.82 Å². The number of hydrogen-bond donors (Lipinski definition) is 1. The van der Waals surface area contributed by atoms with E-state index in [1.54, 1.807) is 0 Å². The van der Waals surface area contributed by atoms with Crippen LogP contribution in [0.2, 0.25) is 0 Å². The van der Waals surface area contributed by atoms with Gasteiger partial charge in [-0.1, -0.05) is 30.4 Å². The topological polar surface area (TPSA) is 15.3 Å². The first-order valence-electron chi connectivity index (χ1n) is 4.65.